The lowest BCUT2D eigenvalue weighted by Crippen LogP contribution is -2.53. The second kappa shape index (κ2) is 12.6. The fourth-order valence-corrected chi connectivity index (χ4v) is 5.37. The van der Waals surface area contributed by atoms with Crippen LogP contribution in [-0.4, -0.2) is 42.5 Å². The molecule has 0 atom stereocenters. The minimum Gasteiger partial charge on any atom is -0.338 e. The lowest BCUT2D eigenvalue weighted by molar-refractivity contribution is -0.946. The molecule has 0 aliphatic carbocycles. The van der Waals surface area contributed by atoms with Crippen molar-refractivity contribution in [3.63, 3.8) is 0 Å². The maximum atomic E-state index is 13.3. The SMILES string of the molecule is CC(=O)c1cccc(NC(=O)NCCC[N+]2(Cc3ccccc3)CCC(Cc3ccc(F)cc3)CC2)c1. The molecule has 3 aromatic carbocycles. The molecule has 1 aliphatic rings. The minimum atomic E-state index is -0.256. The molecular formula is C31H37FN3O2+. The molecule has 1 heterocycles. The van der Waals surface area contributed by atoms with Crippen LogP contribution in [0.1, 0.15) is 47.7 Å². The summed E-state index contributed by atoms with van der Waals surface area (Å²) in [5.41, 5.74) is 3.74. The number of quaternary nitrogens is 1. The van der Waals surface area contributed by atoms with E-state index in [1.807, 2.05) is 12.1 Å². The standard InChI is InChI=1S/C31H36FN3O2/c1-24(36)28-9-5-10-30(22-28)34-31(37)33-17-6-18-35(23-27-7-3-2-4-8-27)19-15-26(16-20-35)21-25-11-13-29(32)14-12-25/h2-5,7-14,22,26H,6,15-21,23H2,1H3,(H-,33,34,37)/p+1. The third-order valence-electron chi connectivity index (χ3n) is 7.44. The second-order valence-corrected chi connectivity index (χ2v) is 10.3. The van der Waals surface area contributed by atoms with Crippen molar-refractivity contribution in [2.45, 2.75) is 39.2 Å². The van der Waals surface area contributed by atoms with Crippen LogP contribution in [0, 0.1) is 11.7 Å². The van der Waals surface area contributed by atoms with E-state index in [1.165, 1.54) is 18.1 Å². The minimum absolute atomic E-state index is 0.0297. The van der Waals surface area contributed by atoms with Gasteiger partial charge in [-0.15, -0.1) is 0 Å². The second-order valence-electron chi connectivity index (χ2n) is 10.3. The first kappa shape index (κ1) is 26.6. The van der Waals surface area contributed by atoms with E-state index in [9.17, 15) is 14.0 Å². The Labute approximate surface area is 219 Å². The Hall–Kier alpha value is -3.51. The first-order chi connectivity index (χ1) is 17.9. The monoisotopic (exact) mass is 502 g/mol. The van der Waals surface area contributed by atoms with Gasteiger partial charge in [-0.1, -0.05) is 54.6 Å². The zero-order valence-corrected chi connectivity index (χ0v) is 21.6. The van der Waals surface area contributed by atoms with E-state index in [0.717, 1.165) is 56.3 Å². The molecule has 1 aliphatic heterocycles. The van der Waals surface area contributed by atoms with Crippen LogP contribution in [0.4, 0.5) is 14.9 Å². The van der Waals surface area contributed by atoms with Gasteiger partial charge >= 0.3 is 6.03 Å². The summed E-state index contributed by atoms with van der Waals surface area (Å²) in [6.45, 7) is 6.30. The molecule has 5 nitrogen and oxygen atoms in total. The van der Waals surface area contributed by atoms with Gasteiger partial charge in [-0.3, -0.25) is 4.79 Å². The smallest absolute Gasteiger partial charge is 0.319 e. The number of benzene rings is 3. The van der Waals surface area contributed by atoms with E-state index in [1.54, 1.807) is 36.4 Å². The van der Waals surface area contributed by atoms with E-state index in [0.29, 0.717) is 23.7 Å². The van der Waals surface area contributed by atoms with Crippen molar-refractivity contribution in [2.24, 2.45) is 5.92 Å². The van der Waals surface area contributed by atoms with Crippen LogP contribution in [0.5, 0.6) is 0 Å². The molecule has 0 saturated carbocycles. The zero-order valence-electron chi connectivity index (χ0n) is 21.6. The van der Waals surface area contributed by atoms with Crippen molar-refractivity contribution in [3.8, 4) is 0 Å². The molecule has 0 unspecified atom stereocenters. The van der Waals surface area contributed by atoms with Crippen molar-refractivity contribution in [2.75, 3.05) is 31.5 Å². The lowest BCUT2D eigenvalue weighted by Gasteiger charge is -2.44. The van der Waals surface area contributed by atoms with Crippen molar-refractivity contribution < 1.29 is 18.5 Å². The number of urea groups is 1. The van der Waals surface area contributed by atoms with Crippen LogP contribution in [-0.2, 0) is 13.0 Å². The van der Waals surface area contributed by atoms with Gasteiger partial charge < -0.3 is 15.1 Å². The normalized spacial score (nSPS) is 19.2. The molecule has 2 N–H and O–H groups in total. The molecule has 1 fully saturated rings. The van der Waals surface area contributed by atoms with Gasteiger partial charge in [0.2, 0.25) is 0 Å². The van der Waals surface area contributed by atoms with Gasteiger partial charge in [-0.05, 0) is 61.9 Å². The molecule has 4 rings (SSSR count). The van der Waals surface area contributed by atoms with E-state index in [4.69, 9.17) is 0 Å². The van der Waals surface area contributed by atoms with Crippen LogP contribution in [0.3, 0.4) is 0 Å². The maximum absolute atomic E-state index is 13.3. The van der Waals surface area contributed by atoms with Gasteiger partial charge in [-0.2, -0.15) is 0 Å². The number of hydrogen-bond donors (Lipinski definition) is 2. The molecule has 37 heavy (non-hydrogen) atoms. The number of carbonyl (C=O) groups is 2. The molecule has 0 bridgehead atoms. The highest BCUT2D eigenvalue weighted by Gasteiger charge is 2.33. The predicted octanol–water partition coefficient (Wildman–Crippen LogP) is 6.21. The fourth-order valence-electron chi connectivity index (χ4n) is 5.37. The van der Waals surface area contributed by atoms with Gasteiger partial charge in [0.1, 0.15) is 12.4 Å². The van der Waals surface area contributed by atoms with E-state index >= 15 is 0 Å². The Bertz CT molecular complexity index is 1170. The third-order valence-corrected chi connectivity index (χ3v) is 7.44. The zero-order chi connectivity index (χ0) is 26.1. The summed E-state index contributed by atoms with van der Waals surface area (Å²) in [5, 5.41) is 5.80. The number of nitrogens with one attached hydrogen (secondary N) is 2. The molecule has 194 valence electrons. The molecule has 0 spiro atoms. The van der Waals surface area contributed by atoms with Gasteiger partial charge in [0.25, 0.3) is 0 Å². The summed E-state index contributed by atoms with van der Waals surface area (Å²) >= 11 is 0. The summed E-state index contributed by atoms with van der Waals surface area (Å²) in [6.07, 6.45) is 4.17. The van der Waals surface area contributed by atoms with Gasteiger partial charge in [0, 0.05) is 29.8 Å². The first-order valence-corrected chi connectivity index (χ1v) is 13.2. The molecule has 6 heteroatoms. The maximum Gasteiger partial charge on any atom is 0.319 e. The number of piperidine rings is 1. The number of rotatable bonds is 10. The number of carbonyl (C=O) groups excluding carboxylic acids is 2. The summed E-state index contributed by atoms with van der Waals surface area (Å²) < 4.78 is 14.3. The van der Waals surface area contributed by atoms with Crippen molar-refractivity contribution in [3.05, 3.63) is 101 Å². The molecule has 0 aromatic heterocycles. The van der Waals surface area contributed by atoms with Crippen molar-refractivity contribution in [1.29, 1.82) is 0 Å². The van der Waals surface area contributed by atoms with Gasteiger partial charge in [0.05, 0.1) is 19.6 Å². The number of halogens is 1. The van der Waals surface area contributed by atoms with E-state index < -0.39 is 0 Å². The summed E-state index contributed by atoms with van der Waals surface area (Å²) in [6, 6.07) is 24.3. The Morgan fingerprint density at radius 2 is 1.65 bits per heavy atom. The average Bonchev–Trinajstić information content (AvgIpc) is 2.90. The number of nitrogens with zero attached hydrogens (tertiary/aromatic N) is 1. The lowest BCUT2D eigenvalue weighted by atomic mass is 9.88. The van der Waals surface area contributed by atoms with Crippen LogP contribution < -0.4 is 10.6 Å². The number of ketones is 1. The summed E-state index contributed by atoms with van der Waals surface area (Å²) in [7, 11) is 0. The highest BCUT2D eigenvalue weighted by atomic mass is 19.1. The van der Waals surface area contributed by atoms with Crippen LogP contribution in [0.2, 0.25) is 0 Å². The number of amides is 2. The predicted molar refractivity (Wildman–Crippen MR) is 146 cm³/mol. The van der Waals surface area contributed by atoms with Crippen LogP contribution in [0.25, 0.3) is 0 Å². The molecule has 3 aromatic rings. The van der Waals surface area contributed by atoms with Crippen molar-refractivity contribution >= 4 is 17.5 Å². The van der Waals surface area contributed by atoms with Crippen LogP contribution in [0.15, 0.2) is 78.9 Å². The number of likely N-dealkylation sites (tertiary alicyclic amines) is 1. The van der Waals surface area contributed by atoms with Gasteiger partial charge in [-0.25, -0.2) is 9.18 Å². The Morgan fingerprint density at radius 3 is 2.35 bits per heavy atom. The van der Waals surface area contributed by atoms with Crippen LogP contribution >= 0.6 is 0 Å². The third kappa shape index (κ3) is 7.99. The number of anilines is 1. The fraction of sp³-hybridized carbons (Fsp3) is 0.355. The Morgan fingerprint density at radius 1 is 0.919 bits per heavy atom. The Balaban J connectivity index is 1.30. The first-order valence-electron chi connectivity index (χ1n) is 13.2. The largest absolute Gasteiger partial charge is 0.338 e. The molecule has 1 saturated heterocycles. The highest BCUT2D eigenvalue weighted by Crippen LogP contribution is 2.29. The van der Waals surface area contributed by atoms with E-state index in [-0.39, 0.29) is 17.6 Å². The number of Topliss-reactive ketones (excluding diaryl/α,β-unsaturated/α-hetero) is 1. The Kier molecular flexibility index (Phi) is 9.07. The quantitative estimate of drug-likeness (QED) is 0.197. The van der Waals surface area contributed by atoms with Gasteiger partial charge in [0.15, 0.2) is 5.78 Å². The van der Waals surface area contributed by atoms with E-state index in [2.05, 4.69) is 41.0 Å². The highest BCUT2D eigenvalue weighted by molar-refractivity contribution is 5.96. The molecule has 0 radical (unpaired) electrons. The molecular weight excluding hydrogens is 465 g/mol. The average molecular weight is 503 g/mol. The number of hydrogen-bond acceptors (Lipinski definition) is 2. The topological polar surface area (TPSA) is 58.2 Å². The summed E-state index contributed by atoms with van der Waals surface area (Å²) in [4.78, 5) is 24.0. The molecule has 2 amide bonds. The summed E-state index contributed by atoms with van der Waals surface area (Å²) in [5.74, 6) is 0.401. The van der Waals surface area contributed by atoms with Crippen molar-refractivity contribution in [1.82, 2.24) is 5.32 Å².